The lowest BCUT2D eigenvalue weighted by molar-refractivity contribution is -0.138. The third-order valence-corrected chi connectivity index (χ3v) is 3.92. The number of anilines is 1. The molecule has 1 atom stereocenters. The fourth-order valence-electron chi connectivity index (χ4n) is 1.27. The first-order chi connectivity index (χ1) is 8.24. The molecule has 0 saturated heterocycles. The number of hydrogen-bond acceptors (Lipinski definition) is 4. The molecule has 0 aliphatic carbocycles. The molecule has 100 valence electrons. The van der Waals surface area contributed by atoms with Gasteiger partial charge in [0.05, 0.1) is 4.90 Å². The van der Waals surface area contributed by atoms with Crippen LogP contribution in [0.25, 0.3) is 0 Å². The molecule has 2 N–H and O–H groups in total. The molecule has 0 amide bonds. The van der Waals surface area contributed by atoms with Gasteiger partial charge >= 0.3 is 5.97 Å². The van der Waals surface area contributed by atoms with E-state index in [9.17, 15) is 13.2 Å². The quantitative estimate of drug-likeness (QED) is 0.815. The van der Waals surface area contributed by atoms with Crippen LogP contribution in [0.4, 0.5) is 5.69 Å². The van der Waals surface area contributed by atoms with E-state index in [1.54, 1.807) is 12.1 Å². The third kappa shape index (κ3) is 3.44. The van der Waals surface area contributed by atoms with Gasteiger partial charge in [-0.2, -0.15) is 4.72 Å². The summed E-state index contributed by atoms with van der Waals surface area (Å²) in [6.45, 7) is 1.27. The highest BCUT2D eigenvalue weighted by atomic mass is 32.2. The SMILES string of the molecule is CC(NS(=O)(=O)c1ccc(N(C)C)cc1)C(=O)O. The summed E-state index contributed by atoms with van der Waals surface area (Å²) in [5.41, 5.74) is 0.861. The summed E-state index contributed by atoms with van der Waals surface area (Å²) in [5.74, 6) is -1.22. The molecule has 1 aromatic rings. The maximum atomic E-state index is 11.8. The number of benzene rings is 1. The zero-order chi connectivity index (χ0) is 13.9. The van der Waals surface area contributed by atoms with E-state index in [4.69, 9.17) is 5.11 Å². The van der Waals surface area contributed by atoms with E-state index in [1.807, 2.05) is 19.0 Å². The second-order valence-corrected chi connectivity index (χ2v) is 5.78. The maximum absolute atomic E-state index is 11.8. The number of carboxylic acid groups (broad SMARTS) is 1. The van der Waals surface area contributed by atoms with Crippen molar-refractivity contribution >= 4 is 21.7 Å². The first-order valence-electron chi connectivity index (χ1n) is 5.26. The fourth-order valence-corrected chi connectivity index (χ4v) is 2.47. The Morgan fingerprint density at radius 1 is 1.28 bits per heavy atom. The molecule has 0 saturated carbocycles. The minimum absolute atomic E-state index is 0.0428. The average Bonchev–Trinajstić information content (AvgIpc) is 2.28. The zero-order valence-corrected chi connectivity index (χ0v) is 11.2. The van der Waals surface area contributed by atoms with Crippen molar-refractivity contribution < 1.29 is 18.3 Å². The van der Waals surface area contributed by atoms with Crippen molar-refractivity contribution in [2.45, 2.75) is 17.9 Å². The molecular weight excluding hydrogens is 256 g/mol. The Bertz CT molecular complexity index is 522. The fraction of sp³-hybridized carbons (Fsp3) is 0.364. The van der Waals surface area contributed by atoms with Gasteiger partial charge < -0.3 is 10.0 Å². The Hall–Kier alpha value is -1.60. The topological polar surface area (TPSA) is 86.7 Å². The van der Waals surface area contributed by atoms with Crippen LogP contribution < -0.4 is 9.62 Å². The van der Waals surface area contributed by atoms with Gasteiger partial charge in [0.2, 0.25) is 10.0 Å². The van der Waals surface area contributed by atoms with Crippen molar-refractivity contribution in [1.29, 1.82) is 0 Å². The van der Waals surface area contributed by atoms with Crippen molar-refractivity contribution in [3.05, 3.63) is 24.3 Å². The average molecular weight is 272 g/mol. The number of hydrogen-bond donors (Lipinski definition) is 2. The Labute approximate surface area is 106 Å². The molecule has 0 heterocycles. The van der Waals surface area contributed by atoms with Crippen LogP contribution >= 0.6 is 0 Å². The molecule has 7 heteroatoms. The monoisotopic (exact) mass is 272 g/mol. The van der Waals surface area contributed by atoms with Crippen LogP contribution in [0.2, 0.25) is 0 Å². The Morgan fingerprint density at radius 3 is 2.17 bits per heavy atom. The van der Waals surface area contributed by atoms with Crippen molar-refractivity contribution in [3.8, 4) is 0 Å². The summed E-state index contributed by atoms with van der Waals surface area (Å²) >= 11 is 0. The lowest BCUT2D eigenvalue weighted by Crippen LogP contribution is -2.38. The first kappa shape index (κ1) is 14.5. The summed E-state index contributed by atoms with van der Waals surface area (Å²) in [4.78, 5) is 12.5. The highest BCUT2D eigenvalue weighted by Crippen LogP contribution is 2.16. The first-order valence-corrected chi connectivity index (χ1v) is 6.75. The summed E-state index contributed by atoms with van der Waals surface area (Å²) in [6, 6.07) is 5.02. The van der Waals surface area contributed by atoms with Gasteiger partial charge in [-0.15, -0.1) is 0 Å². The van der Waals surface area contributed by atoms with Gasteiger partial charge in [-0.3, -0.25) is 4.79 Å². The van der Waals surface area contributed by atoms with Gasteiger partial charge in [0, 0.05) is 19.8 Å². The van der Waals surface area contributed by atoms with E-state index in [1.165, 1.54) is 19.1 Å². The molecule has 18 heavy (non-hydrogen) atoms. The van der Waals surface area contributed by atoms with Crippen LogP contribution in [0.15, 0.2) is 29.2 Å². The minimum Gasteiger partial charge on any atom is -0.480 e. The maximum Gasteiger partial charge on any atom is 0.321 e. The smallest absolute Gasteiger partial charge is 0.321 e. The van der Waals surface area contributed by atoms with E-state index >= 15 is 0 Å². The summed E-state index contributed by atoms with van der Waals surface area (Å²) < 4.78 is 25.8. The molecule has 6 nitrogen and oxygen atoms in total. The van der Waals surface area contributed by atoms with Gasteiger partial charge in [-0.1, -0.05) is 0 Å². The predicted octanol–water partition coefficient (Wildman–Crippen LogP) is 0.504. The molecule has 0 aliphatic rings. The van der Waals surface area contributed by atoms with Crippen LogP contribution in [0, 0.1) is 0 Å². The highest BCUT2D eigenvalue weighted by molar-refractivity contribution is 7.89. The number of nitrogens with one attached hydrogen (secondary N) is 1. The van der Waals surface area contributed by atoms with E-state index in [0.29, 0.717) is 0 Å². The van der Waals surface area contributed by atoms with E-state index < -0.39 is 22.0 Å². The normalized spacial score (nSPS) is 13.1. The molecule has 1 unspecified atom stereocenters. The number of carbonyl (C=O) groups is 1. The largest absolute Gasteiger partial charge is 0.480 e. The number of sulfonamides is 1. The Kier molecular flexibility index (Phi) is 4.31. The van der Waals surface area contributed by atoms with Crippen LogP contribution in [0.3, 0.4) is 0 Å². The zero-order valence-electron chi connectivity index (χ0n) is 10.4. The molecular formula is C11H16N2O4S. The van der Waals surface area contributed by atoms with Gasteiger partial charge in [-0.05, 0) is 31.2 Å². The lowest BCUT2D eigenvalue weighted by atomic mass is 10.3. The molecule has 0 bridgehead atoms. The molecule has 0 fully saturated rings. The molecule has 0 aromatic heterocycles. The van der Waals surface area contributed by atoms with Crippen LogP contribution in [-0.2, 0) is 14.8 Å². The molecule has 0 spiro atoms. The van der Waals surface area contributed by atoms with Crippen molar-refractivity contribution in [2.75, 3.05) is 19.0 Å². The highest BCUT2D eigenvalue weighted by Gasteiger charge is 2.21. The number of nitrogens with zero attached hydrogens (tertiary/aromatic N) is 1. The number of rotatable bonds is 5. The Morgan fingerprint density at radius 2 is 1.78 bits per heavy atom. The second-order valence-electron chi connectivity index (χ2n) is 4.07. The summed E-state index contributed by atoms with van der Waals surface area (Å²) in [7, 11) is -0.113. The lowest BCUT2D eigenvalue weighted by Gasteiger charge is -2.14. The van der Waals surface area contributed by atoms with Crippen LogP contribution in [-0.4, -0.2) is 39.6 Å². The van der Waals surface area contributed by atoms with Crippen molar-refractivity contribution in [1.82, 2.24) is 4.72 Å². The third-order valence-electron chi connectivity index (χ3n) is 2.37. The van der Waals surface area contributed by atoms with E-state index in [-0.39, 0.29) is 4.90 Å². The molecule has 1 aromatic carbocycles. The van der Waals surface area contributed by atoms with Crippen molar-refractivity contribution in [3.63, 3.8) is 0 Å². The summed E-state index contributed by atoms with van der Waals surface area (Å²) in [5, 5.41) is 8.68. The van der Waals surface area contributed by atoms with E-state index in [0.717, 1.165) is 5.69 Å². The van der Waals surface area contributed by atoms with Gasteiger partial charge in [0.15, 0.2) is 0 Å². The molecule has 0 aliphatic heterocycles. The van der Waals surface area contributed by atoms with Gasteiger partial charge in [0.25, 0.3) is 0 Å². The summed E-state index contributed by atoms with van der Waals surface area (Å²) in [6.07, 6.45) is 0. The van der Waals surface area contributed by atoms with Gasteiger partial charge in [0.1, 0.15) is 6.04 Å². The number of aliphatic carboxylic acids is 1. The number of carboxylic acids is 1. The van der Waals surface area contributed by atoms with E-state index in [2.05, 4.69) is 4.72 Å². The minimum atomic E-state index is -3.80. The molecule has 0 radical (unpaired) electrons. The van der Waals surface area contributed by atoms with Crippen LogP contribution in [0.5, 0.6) is 0 Å². The standard InChI is InChI=1S/C11H16N2O4S/c1-8(11(14)15)12-18(16,17)10-6-4-9(5-7-10)13(2)3/h4-8,12H,1-3H3,(H,14,15). The Balaban J connectivity index is 2.95. The second kappa shape index (κ2) is 5.36. The van der Waals surface area contributed by atoms with Crippen molar-refractivity contribution in [2.24, 2.45) is 0 Å². The van der Waals surface area contributed by atoms with Gasteiger partial charge in [-0.25, -0.2) is 8.42 Å². The predicted molar refractivity (Wildman–Crippen MR) is 68.2 cm³/mol. The van der Waals surface area contributed by atoms with Crippen LogP contribution in [0.1, 0.15) is 6.92 Å². The molecule has 1 rings (SSSR count).